The number of pyridine rings is 1. The molecule has 0 saturated heterocycles. The summed E-state index contributed by atoms with van der Waals surface area (Å²) in [7, 11) is 0. The number of aromatic nitrogens is 7. The zero-order valence-corrected chi connectivity index (χ0v) is 79.5. The van der Waals surface area contributed by atoms with Gasteiger partial charge in [0.2, 0.25) is 0 Å². The molecule has 0 saturated carbocycles. The van der Waals surface area contributed by atoms with Crippen molar-refractivity contribution in [2.45, 2.75) is 19.3 Å². The van der Waals surface area contributed by atoms with Crippen LogP contribution in [0.1, 0.15) is 25.0 Å². The molecule has 10 aromatic heterocycles. The van der Waals surface area contributed by atoms with Crippen molar-refractivity contribution < 1.29 is 13.3 Å². The minimum absolute atomic E-state index is 0.109. The lowest BCUT2D eigenvalue weighted by molar-refractivity contribution is 0.660. The van der Waals surface area contributed by atoms with Gasteiger partial charge in [0.1, 0.15) is 16.7 Å². The van der Waals surface area contributed by atoms with E-state index in [2.05, 4.69) is 508 Å². The molecule has 0 fully saturated rings. The van der Waals surface area contributed by atoms with E-state index in [0.717, 1.165) is 161 Å². The highest BCUT2D eigenvalue weighted by atomic mass is 16.3. The topological polar surface area (TPSA) is 81.9 Å². The average Bonchev–Trinajstić information content (AvgIpc) is 1.54. The summed E-state index contributed by atoms with van der Waals surface area (Å²) >= 11 is 0. The summed E-state index contributed by atoms with van der Waals surface area (Å²) in [6, 6.07) is 172. The van der Waals surface area contributed by atoms with Crippen molar-refractivity contribution in [2.75, 3.05) is 0 Å². The summed E-state index contributed by atoms with van der Waals surface area (Å²) < 4.78 is 34.7. The van der Waals surface area contributed by atoms with Crippen LogP contribution >= 0.6 is 0 Å². The molecule has 0 amide bonds. The maximum atomic E-state index is 6.77. The lowest BCUT2D eigenvalue weighted by Gasteiger charge is -2.22. The first-order valence-electron chi connectivity index (χ1n) is 50.1. The first-order valence-corrected chi connectivity index (χ1v) is 50.1. The first kappa shape index (κ1) is 81.5. The molecule has 0 spiro atoms. The van der Waals surface area contributed by atoms with Gasteiger partial charge in [-0.1, -0.05) is 323 Å². The molecular weight excluding hydrogens is 1780 g/mol. The van der Waals surface area contributed by atoms with Crippen molar-refractivity contribution in [3.8, 4) is 67.8 Å². The first-order chi connectivity index (χ1) is 72.2. The monoisotopic (exact) mass is 1860 g/mol. The van der Waals surface area contributed by atoms with Gasteiger partial charge in [-0.25, -0.2) is 4.98 Å². The quantitative estimate of drug-likeness (QED) is 0.142. The third-order valence-corrected chi connectivity index (χ3v) is 31.3. The van der Waals surface area contributed by atoms with Crippen LogP contribution in [-0.4, -0.2) is 32.4 Å². The van der Waals surface area contributed by atoms with Gasteiger partial charge in [0.15, 0.2) is 16.7 Å². The van der Waals surface area contributed by atoms with E-state index in [1.165, 1.54) is 136 Å². The highest BCUT2D eigenvalue weighted by Crippen LogP contribution is 2.54. The van der Waals surface area contributed by atoms with Crippen molar-refractivity contribution in [3.63, 3.8) is 0 Å². The van der Waals surface area contributed by atoms with Gasteiger partial charge in [-0.2, -0.15) is 0 Å². The summed E-state index contributed by atoms with van der Waals surface area (Å²) in [5.41, 5.74) is 35.4. The van der Waals surface area contributed by atoms with Gasteiger partial charge in [0, 0.05) is 147 Å². The second kappa shape index (κ2) is 31.4. The van der Waals surface area contributed by atoms with Gasteiger partial charge in [-0.3, -0.25) is 0 Å². The second-order valence-electron chi connectivity index (χ2n) is 39.4. The molecule has 0 atom stereocenters. The summed E-state index contributed by atoms with van der Waals surface area (Å²) in [6.07, 6.45) is 0. The Labute approximate surface area is 835 Å². The molecule has 10 nitrogen and oxygen atoms in total. The van der Waals surface area contributed by atoms with Crippen molar-refractivity contribution in [1.29, 1.82) is 0 Å². The Kier molecular flexibility index (Phi) is 17.5. The highest BCUT2D eigenvalue weighted by Gasteiger charge is 2.37. The van der Waals surface area contributed by atoms with Crippen LogP contribution in [0.25, 0.3) is 286 Å². The molecule has 0 unspecified atom stereocenters. The Morgan fingerprint density at radius 2 is 0.527 bits per heavy atom. The Bertz CT molecular complexity index is 11100. The molecule has 1 aliphatic rings. The number of benzene rings is 22. The molecule has 32 aromatic rings. The number of furan rings is 3. The minimum Gasteiger partial charge on any atom is -0.454 e. The number of para-hydroxylation sites is 9. The SMILES string of the molecule is CC1(C)c2ccccc2-c2ccc(-n3c4cc5c(cc4c4ccc6c7ccccc7oc6c43)c3ccccc3n5-c3ccccc3)cc21.c1ccc(-c2cccc(-c3ccc4c5cc6c7ccc8c9ccccc9oc8c7n(-c7ccccc7)c6cc5n(-c5ccccc5)c4c3)n2)cc1.c1ccc(-n2c3ccccc3c3cc4c5ccc6c7ccccc7oc6c5n(-c5cc6ccccc6c6ccccc56)c4cc32)cc1. The lowest BCUT2D eigenvalue weighted by Crippen LogP contribution is -2.15. The number of hydrogen-bond acceptors (Lipinski definition) is 4. The van der Waals surface area contributed by atoms with Gasteiger partial charge in [-0.15, -0.1) is 0 Å². The molecule has 10 heteroatoms. The zero-order valence-electron chi connectivity index (χ0n) is 79.5. The predicted molar refractivity (Wildman–Crippen MR) is 608 cm³/mol. The molecule has 0 N–H and O–H groups in total. The van der Waals surface area contributed by atoms with Crippen LogP contribution in [0.4, 0.5) is 0 Å². The van der Waals surface area contributed by atoms with E-state index in [1.807, 2.05) is 12.1 Å². The Morgan fingerprint density at radius 1 is 0.185 bits per heavy atom. The maximum Gasteiger partial charge on any atom is 0.160 e. The fourth-order valence-corrected chi connectivity index (χ4v) is 24.8. The van der Waals surface area contributed by atoms with Crippen LogP contribution in [0.3, 0.4) is 0 Å². The number of fused-ring (bicyclic) bond motifs is 36. The largest absolute Gasteiger partial charge is 0.454 e. The van der Waals surface area contributed by atoms with Crippen LogP contribution in [0.15, 0.2) is 492 Å². The van der Waals surface area contributed by atoms with Gasteiger partial charge >= 0.3 is 0 Å². The standard InChI is InChI=1S/C47H29N3O.C45H30N2O.C44H26N2O/c1-4-13-30(14-5-1)40-20-12-21-41(48-40)31-23-24-34-38-28-39-36-25-26-37-35-19-10-11-22-45(35)51-47(37)46(36)50(33-17-8-3-9-18-33)44(39)29-43(38)49(42(34)27-31)32-15-6-2-7-16-32;1-45(2)37-17-9-6-14-29(37)30-21-20-28(24-38(30)45)47-41-26-40-35(31-15-7-10-18-39(31)46(40)27-12-4-3-5-13-27)25-36(41)33-22-23-34-32-16-8-11-19-42(32)48-44(34)43(33)47;1-2-13-28(14-3-1)45-38-20-10-8-18-32(38)36-25-37-34-22-23-35-33-19-9-11-21-42(33)47-44(35)43(34)46(41(37)26-40(36)45)39-24-27-12-4-5-15-29(27)30-16-6-7-17-31(30)39/h1-29H;3-26H,1-2H3;1-26H. The number of rotatable bonds is 8. The molecular formula is C136H85N7O3. The molecule has 682 valence electrons. The minimum atomic E-state index is -0.109. The van der Waals surface area contributed by atoms with Gasteiger partial charge in [0.25, 0.3) is 0 Å². The number of hydrogen-bond donors (Lipinski definition) is 0. The molecule has 0 radical (unpaired) electrons. The second-order valence-corrected chi connectivity index (χ2v) is 39.4. The highest BCUT2D eigenvalue weighted by molar-refractivity contribution is 6.30. The van der Waals surface area contributed by atoms with Crippen LogP contribution < -0.4 is 0 Å². The van der Waals surface area contributed by atoms with E-state index >= 15 is 0 Å². The Hall–Kier alpha value is -19.3. The van der Waals surface area contributed by atoms with Gasteiger partial charge < -0.3 is 40.7 Å². The van der Waals surface area contributed by atoms with Crippen LogP contribution in [0.2, 0.25) is 0 Å². The smallest absolute Gasteiger partial charge is 0.160 e. The van der Waals surface area contributed by atoms with E-state index in [0.29, 0.717) is 0 Å². The third kappa shape index (κ3) is 11.9. The Morgan fingerprint density at radius 3 is 1.03 bits per heavy atom. The van der Waals surface area contributed by atoms with Crippen LogP contribution in [0, 0.1) is 0 Å². The van der Waals surface area contributed by atoms with E-state index in [9.17, 15) is 0 Å². The van der Waals surface area contributed by atoms with Crippen molar-refractivity contribution in [3.05, 3.63) is 490 Å². The molecule has 0 aliphatic heterocycles. The third-order valence-electron chi connectivity index (χ3n) is 31.3. The van der Waals surface area contributed by atoms with E-state index in [-0.39, 0.29) is 5.41 Å². The van der Waals surface area contributed by atoms with E-state index in [1.54, 1.807) is 0 Å². The van der Waals surface area contributed by atoms with Gasteiger partial charge in [0.05, 0.1) is 83.3 Å². The normalized spacial score (nSPS) is 12.6. The Balaban J connectivity index is 0.0000000995. The van der Waals surface area contributed by atoms with Gasteiger partial charge in [-0.05, 0) is 208 Å². The molecule has 22 aromatic carbocycles. The van der Waals surface area contributed by atoms with Crippen molar-refractivity contribution >= 4 is 218 Å². The molecule has 10 heterocycles. The molecule has 33 rings (SSSR count). The van der Waals surface area contributed by atoms with Crippen molar-refractivity contribution in [1.82, 2.24) is 32.4 Å². The summed E-state index contributed by atoms with van der Waals surface area (Å²) in [5, 5.41) is 26.3. The fraction of sp³-hybridized carbons (Fsp3) is 0.0221. The van der Waals surface area contributed by atoms with Crippen LogP contribution in [0.5, 0.6) is 0 Å². The van der Waals surface area contributed by atoms with Crippen molar-refractivity contribution in [2.24, 2.45) is 0 Å². The van der Waals surface area contributed by atoms with E-state index in [4.69, 9.17) is 18.2 Å². The number of nitrogens with zero attached hydrogens (tertiary/aromatic N) is 7. The van der Waals surface area contributed by atoms with Crippen LogP contribution in [-0.2, 0) is 5.41 Å². The fourth-order valence-electron chi connectivity index (χ4n) is 24.8. The maximum absolute atomic E-state index is 6.77. The molecule has 1 aliphatic carbocycles. The predicted octanol–water partition coefficient (Wildman–Crippen LogP) is 36.7. The summed E-state index contributed by atoms with van der Waals surface area (Å²) in [6.45, 7) is 4.71. The zero-order chi connectivity index (χ0) is 95.8. The lowest BCUT2D eigenvalue weighted by atomic mass is 9.82. The summed E-state index contributed by atoms with van der Waals surface area (Å²) in [5.74, 6) is 0. The summed E-state index contributed by atoms with van der Waals surface area (Å²) in [4.78, 5) is 5.11. The average molecular weight is 1870 g/mol. The van der Waals surface area contributed by atoms with E-state index < -0.39 is 0 Å². The molecule has 146 heavy (non-hydrogen) atoms. The molecule has 0 bridgehead atoms.